The molecule has 1 aromatic rings. The van der Waals surface area contributed by atoms with Crippen LogP contribution in [0, 0.1) is 0 Å². The molecule has 15 heavy (non-hydrogen) atoms. The van der Waals surface area contributed by atoms with Crippen molar-refractivity contribution in [2.24, 2.45) is 12.8 Å². The fourth-order valence-corrected chi connectivity index (χ4v) is 1.35. The molecule has 1 rings (SSSR count). The molecule has 0 fully saturated rings. The molecule has 1 atom stereocenters. The van der Waals surface area contributed by atoms with Gasteiger partial charge >= 0.3 is 0 Å². The van der Waals surface area contributed by atoms with Crippen LogP contribution in [0.1, 0.15) is 26.1 Å². The van der Waals surface area contributed by atoms with Crippen LogP contribution in [0.3, 0.4) is 0 Å². The summed E-state index contributed by atoms with van der Waals surface area (Å²) < 4.78 is 7.48. The summed E-state index contributed by atoms with van der Waals surface area (Å²) in [7, 11) is 2.00. The Balaban J connectivity index is 2.22. The van der Waals surface area contributed by atoms with Crippen LogP contribution in [0.2, 0.25) is 0 Å². The first kappa shape index (κ1) is 12.2. The summed E-state index contributed by atoms with van der Waals surface area (Å²) in [4.78, 5) is 4.25. The summed E-state index contributed by atoms with van der Waals surface area (Å²) in [6.45, 7) is 4.67. The SMILES string of the molecule is CC(C)OCC(N)CCc1nccn1C. The number of hydrogen-bond acceptors (Lipinski definition) is 3. The lowest BCUT2D eigenvalue weighted by molar-refractivity contribution is 0.0669. The van der Waals surface area contributed by atoms with Gasteiger partial charge < -0.3 is 15.0 Å². The number of imidazole rings is 1. The molecule has 0 bridgehead atoms. The van der Waals surface area contributed by atoms with Gasteiger partial charge in [0, 0.05) is 31.9 Å². The second-order valence-corrected chi connectivity index (χ2v) is 4.14. The van der Waals surface area contributed by atoms with Gasteiger partial charge in [0.05, 0.1) is 12.7 Å². The minimum atomic E-state index is 0.101. The first-order valence-electron chi connectivity index (χ1n) is 5.43. The second kappa shape index (κ2) is 5.88. The predicted molar refractivity (Wildman–Crippen MR) is 60.6 cm³/mol. The molecule has 4 nitrogen and oxygen atoms in total. The predicted octanol–water partition coefficient (Wildman–Crippen LogP) is 1.10. The molecule has 0 aliphatic heterocycles. The van der Waals surface area contributed by atoms with Gasteiger partial charge in [0.25, 0.3) is 0 Å². The Bertz CT molecular complexity index is 283. The molecule has 0 radical (unpaired) electrons. The molecule has 0 aromatic carbocycles. The molecule has 1 aromatic heterocycles. The van der Waals surface area contributed by atoms with E-state index in [9.17, 15) is 0 Å². The molecule has 0 saturated carbocycles. The first-order chi connectivity index (χ1) is 7.09. The van der Waals surface area contributed by atoms with Crippen molar-refractivity contribution in [2.45, 2.75) is 38.8 Å². The smallest absolute Gasteiger partial charge is 0.108 e. The number of aryl methyl sites for hydroxylation is 2. The average Bonchev–Trinajstić information content (AvgIpc) is 2.58. The lowest BCUT2D eigenvalue weighted by Crippen LogP contribution is -2.28. The van der Waals surface area contributed by atoms with E-state index in [1.165, 1.54) is 0 Å². The molecule has 0 aliphatic carbocycles. The van der Waals surface area contributed by atoms with Crippen molar-refractivity contribution in [3.8, 4) is 0 Å². The number of nitrogens with zero attached hydrogens (tertiary/aromatic N) is 2. The van der Waals surface area contributed by atoms with E-state index in [0.717, 1.165) is 18.7 Å². The van der Waals surface area contributed by atoms with Crippen molar-refractivity contribution in [2.75, 3.05) is 6.61 Å². The van der Waals surface area contributed by atoms with Gasteiger partial charge in [0.1, 0.15) is 5.82 Å². The Labute approximate surface area is 91.4 Å². The Kier molecular flexibility index (Phi) is 4.78. The van der Waals surface area contributed by atoms with E-state index in [1.807, 2.05) is 37.9 Å². The molecular formula is C11H21N3O. The molecule has 2 N–H and O–H groups in total. The third-order valence-corrected chi connectivity index (χ3v) is 2.30. The van der Waals surface area contributed by atoms with Gasteiger partial charge in [-0.1, -0.05) is 0 Å². The Hall–Kier alpha value is -0.870. The van der Waals surface area contributed by atoms with Gasteiger partial charge in [-0.25, -0.2) is 4.98 Å². The summed E-state index contributed by atoms with van der Waals surface area (Å²) in [6, 6.07) is 0.101. The fourth-order valence-electron chi connectivity index (χ4n) is 1.35. The summed E-state index contributed by atoms with van der Waals surface area (Å²) in [5, 5.41) is 0. The standard InChI is InChI=1S/C11H21N3O/c1-9(2)15-8-10(12)4-5-11-13-6-7-14(11)3/h6-7,9-10H,4-5,8,12H2,1-3H3. The molecule has 86 valence electrons. The monoisotopic (exact) mass is 211 g/mol. The van der Waals surface area contributed by atoms with Crippen LogP contribution in [-0.2, 0) is 18.2 Å². The number of aromatic nitrogens is 2. The second-order valence-electron chi connectivity index (χ2n) is 4.14. The van der Waals surface area contributed by atoms with E-state index in [-0.39, 0.29) is 12.1 Å². The van der Waals surface area contributed by atoms with E-state index in [4.69, 9.17) is 10.5 Å². The van der Waals surface area contributed by atoms with Gasteiger partial charge in [-0.15, -0.1) is 0 Å². The van der Waals surface area contributed by atoms with Gasteiger partial charge in [0.2, 0.25) is 0 Å². The Morgan fingerprint density at radius 3 is 2.80 bits per heavy atom. The van der Waals surface area contributed by atoms with Gasteiger partial charge in [-0.05, 0) is 20.3 Å². The fraction of sp³-hybridized carbons (Fsp3) is 0.727. The lowest BCUT2D eigenvalue weighted by Gasteiger charge is -2.13. The summed E-state index contributed by atoms with van der Waals surface area (Å²) in [5.74, 6) is 1.08. The third kappa shape index (κ3) is 4.44. The van der Waals surface area contributed by atoms with Crippen molar-refractivity contribution < 1.29 is 4.74 Å². The minimum Gasteiger partial charge on any atom is -0.377 e. The molecule has 0 amide bonds. The Morgan fingerprint density at radius 2 is 2.27 bits per heavy atom. The molecule has 0 aliphatic rings. The Morgan fingerprint density at radius 1 is 1.53 bits per heavy atom. The minimum absolute atomic E-state index is 0.101. The van der Waals surface area contributed by atoms with Gasteiger partial charge in [-0.3, -0.25) is 0 Å². The van der Waals surface area contributed by atoms with E-state index in [1.54, 1.807) is 0 Å². The highest BCUT2D eigenvalue weighted by atomic mass is 16.5. The number of rotatable bonds is 6. The average molecular weight is 211 g/mol. The molecule has 0 spiro atoms. The quantitative estimate of drug-likeness (QED) is 0.766. The van der Waals surface area contributed by atoms with Crippen LogP contribution < -0.4 is 5.73 Å². The maximum Gasteiger partial charge on any atom is 0.108 e. The van der Waals surface area contributed by atoms with Crippen LogP contribution in [0.4, 0.5) is 0 Å². The van der Waals surface area contributed by atoms with Gasteiger partial charge in [0.15, 0.2) is 0 Å². The zero-order valence-electron chi connectivity index (χ0n) is 9.81. The van der Waals surface area contributed by atoms with Crippen LogP contribution >= 0.6 is 0 Å². The van der Waals surface area contributed by atoms with Crippen molar-refractivity contribution in [3.63, 3.8) is 0 Å². The summed E-state index contributed by atoms with van der Waals surface area (Å²) in [6.07, 6.45) is 5.84. The largest absolute Gasteiger partial charge is 0.377 e. The highest BCUT2D eigenvalue weighted by molar-refractivity contribution is 4.91. The molecule has 1 heterocycles. The maximum absolute atomic E-state index is 5.93. The zero-order valence-corrected chi connectivity index (χ0v) is 9.81. The van der Waals surface area contributed by atoms with E-state index < -0.39 is 0 Å². The van der Waals surface area contributed by atoms with Crippen LogP contribution in [-0.4, -0.2) is 28.3 Å². The normalized spacial score (nSPS) is 13.4. The summed E-state index contributed by atoms with van der Waals surface area (Å²) >= 11 is 0. The van der Waals surface area contributed by atoms with Crippen molar-refractivity contribution >= 4 is 0 Å². The summed E-state index contributed by atoms with van der Waals surface area (Å²) in [5.41, 5.74) is 5.93. The number of nitrogens with two attached hydrogens (primary N) is 1. The molecular weight excluding hydrogens is 190 g/mol. The molecule has 0 saturated heterocycles. The van der Waals surface area contributed by atoms with Crippen molar-refractivity contribution in [1.29, 1.82) is 0 Å². The third-order valence-electron chi connectivity index (χ3n) is 2.30. The van der Waals surface area contributed by atoms with Crippen LogP contribution in [0.5, 0.6) is 0 Å². The van der Waals surface area contributed by atoms with E-state index >= 15 is 0 Å². The highest BCUT2D eigenvalue weighted by Gasteiger charge is 2.06. The number of ether oxygens (including phenoxy) is 1. The zero-order chi connectivity index (χ0) is 11.3. The molecule has 4 heteroatoms. The van der Waals surface area contributed by atoms with E-state index in [2.05, 4.69) is 4.98 Å². The van der Waals surface area contributed by atoms with Gasteiger partial charge in [-0.2, -0.15) is 0 Å². The first-order valence-corrected chi connectivity index (χ1v) is 5.43. The topological polar surface area (TPSA) is 53.1 Å². The van der Waals surface area contributed by atoms with Crippen LogP contribution in [0.15, 0.2) is 12.4 Å². The van der Waals surface area contributed by atoms with Crippen molar-refractivity contribution in [3.05, 3.63) is 18.2 Å². The highest BCUT2D eigenvalue weighted by Crippen LogP contribution is 2.02. The van der Waals surface area contributed by atoms with Crippen molar-refractivity contribution in [1.82, 2.24) is 9.55 Å². The maximum atomic E-state index is 5.93. The lowest BCUT2D eigenvalue weighted by atomic mass is 10.2. The molecule has 1 unspecified atom stereocenters. The number of hydrogen-bond donors (Lipinski definition) is 1. The van der Waals surface area contributed by atoms with E-state index in [0.29, 0.717) is 6.61 Å². The van der Waals surface area contributed by atoms with Crippen LogP contribution in [0.25, 0.3) is 0 Å².